The zero-order chi connectivity index (χ0) is 16.9. The van der Waals surface area contributed by atoms with Crippen molar-refractivity contribution < 1.29 is 13.9 Å². The van der Waals surface area contributed by atoms with E-state index in [0.717, 1.165) is 32.1 Å². The average Bonchev–Trinajstić information content (AvgIpc) is 2.52. The van der Waals surface area contributed by atoms with Crippen LogP contribution >= 0.6 is 24.0 Å². The number of aliphatic imine (C=N–C) groups is 1. The van der Waals surface area contributed by atoms with E-state index in [1.807, 2.05) is 0 Å². The van der Waals surface area contributed by atoms with Gasteiger partial charge in [-0.15, -0.1) is 24.0 Å². The fourth-order valence-electron chi connectivity index (χ4n) is 1.82. The minimum absolute atomic E-state index is 0. The van der Waals surface area contributed by atoms with Crippen molar-refractivity contribution in [2.75, 3.05) is 40.0 Å². The third-order valence-corrected chi connectivity index (χ3v) is 2.89. The Hall–Kier alpha value is -1.09. The summed E-state index contributed by atoms with van der Waals surface area (Å²) >= 11 is 0. The smallest absolute Gasteiger partial charge is 0.191 e. The van der Waals surface area contributed by atoms with E-state index in [2.05, 4.69) is 29.5 Å². The predicted octanol–water partition coefficient (Wildman–Crippen LogP) is 3.05. The number of hydrogen-bond acceptors (Lipinski definition) is 3. The first-order valence-corrected chi connectivity index (χ1v) is 8.02. The Morgan fingerprint density at radius 3 is 2.62 bits per heavy atom. The second-order valence-corrected chi connectivity index (χ2v) is 5.55. The molecule has 24 heavy (non-hydrogen) atoms. The van der Waals surface area contributed by atoms with Crippen LogP contribution < -0.4 is 15.4 Å². The van der Waals surface area contributed by atoms with Crippen molar-refractivity contribution in [3.8, 4) is 5.75 Å². The van der Waals surface area contributed by atoms with Gasteiger partial charge in [-0.2, -0.15) is 0 Å². The number of hydrogen-bond donors (Lipinski definition) is 2. The van der Waals surface area contributed by atoms with Crippen molar-refractivity contribution in [2.45, 2.75) is 20.3 Å². The van der Waals surface area contributed by atoms with Crippen LogP contribution in [0.5, 0.6) is 5.75 Å². The summed E-state index contributed by atoms with van der Waals surface area (Å²) in [6.45, 7) is 7.62. The van der Waals surface area contributed by atoms with Crippen molar-refractivity contribution in [2.24, 2.45) is 10.9 Å². The van der Waals surface area contributed by atoms with Crippen LogP contribution in [0.15, 0.2) is 29.3 Å². The maximum absolute atomic E-state index is 13.0. The van der Waals surface area contributed by atoms with E-state index < -0.39 is 0 Å². The Morgan fingerprint density at radius 2 is 1.96 bits per heavy atom. The molecule has 0 aliphatic rings. The summed E-state index contributed by atoms with van der Waals surface area (Å²) in [5.41, 5.74) is 0. The molecule has 1 rings (SSSR count). The number of nitrogens with zero attached hydrogens (tertiary/aromatic N) is 1. The molecule has 0 saturated carbocycles. The van der Waals surface area contributed by atoms with E-state index in [9.17, 15) is 4.39 Å². The molecule has 1 aromatic carbocycles. The molecule has 2 N–H and O–H groups in total. The highest BCUT2D eigenvalue weighted by atomic mass is 127. The molecule has 0 aliphatic carbocycles. The molecule has 0 spiro atoms. The van der Waals surface area contributed by atoms with Gasteiger partial charge < -0.3 is 20.1 Å². The van der Waals surface area contributed by atoms with E-state index in [1.54, 1.807) is 19.2 Å². The quantitative estimate of drug-likeness (QED) is 0.248. The van der Waals surface area contributed by atoms with Gasteiger partial charge >= 0.3 is 0 Å². The van der Waals surface area contributed by atoms with E-state index in [-0.39, 0.29) is 29.8 Å². The molecule has 0 aromatic heterocycles. The van der Waals surface area contributed by atoms with Crippen molar-refractivity contribution in [1.29, 1.82) is 0 Å². The van der Waals surface area contributed by atoms with Crippen molar-refractivity contribution in [3.05, 3.63) is 30.1 Å². The molecule has 0 saturated heterocycles. The monoisotopic (exact) mass is 453 g/mol. The first kappa shape index (κ1) is 22.9. The molecule has 0 amide bonds. The topological polar surface area (TPSA) is 54.9 Å². The first-order valence-electron chi connectivity index (χ1n) is 8.02. The average molecular weight is 453 g/mol. The van der Waals surface area contributed by atoms with Crippen molar-refractivity contribution >= 4 is 29.9 Å². The highest BCUT2D eigenvalue weighted by Gasteiger charge is 1.99. The molecule has 0 bridgehead atoms. The molecule has 7 heteroatoms. The largest absolute Gasteiger partial charge is 0.492 e. The summed E-state index contributed by atoms with van der Waals surface area (Å²) in [5.74, 6) is 1.51. The minimum atomic E-state index is -0.298. The fourth-order valence-corrected chi connectivity index (χ4v) is 1.82. The number of rotatable bonds is 10. The van der Waals surface area contributed by atoms with Gasteiger partial charge in [0.05, 0.1) is 6.54 Å². The molecule has 0 atom stereocenters. The maximum atomic E-state index is 13.0. The second-order valence-electron chi connectivity index (χ2n) is 5.55. The number of guanidine groups is 1. The highest BCUT2D eigenvalue weighted by molar-refractivity contribution is 14.0. The van der Waals surface area contributed by atoms with Gasteiger partial charge in [0, 0.05) is 32.9 Å². The Balaban J connectivity index is 0.00000529. The third kappa shape index (κ3) is 11.4. The summed E-state index contributed by atoms with van der Waals surface area (Å²) in [5, 5.41) is 6.35. The SMILES string of the molecule is CN=C(NCCCOCC(C)C)NCCOc1cccc(F)c1.I. The van der Waals surface area contributed by atoms with Crippen LogP contribution in [0.1, 0.15) is 20.3 Å². The Bertz CT molecular complexity index is 473. The fraction of sp³-hybridized carbons (Fsp3) is 0.588. The van der Waals surface area contributed by atoms with Crippen LogP contribution in [0, 0.1) is 11.7 Å². The van der Waals surface area contributed by atoms with Crippen LogP contribution in [0.25, 0.3) is 0 Å². The van der Waals surface area contributed by atoms with Gasteiger partial charge in [0.1, 0.15) is 18.2 Å². The summed E-state index contributed by atoms with van der Waals surface area (Å²) in [6.07, 6.45) is 0.924. The van der Waals surface area contributed by atoms with Gasteiger partial charge in [-0.1, -0.05) is 19.9 Å². The third-order valence-electron chi connectivity index (χ3n) is 2.89. The van der Waals surface area contributed by atoms with Gasteiger partial charge in [0.15, 0.2) is 5.96 Å². The molecular formula is C17H29FIN3O2. The molecule has 138 valence electrons. The Kier molecular flexibility index (Phi) is 13.6. The van der Waals surface area contributed by atoms with E-state index >= 15 is 0 Å². The molecule has 0 heterocycles. The number of nitrogens with one attached hydrogen (secondary N) is 2. The van der Waals surface area contributed by atoms with Gasteiger partial charge in [-0.25, -0.2) is 4.39 Å². The number of ether oxygens (including phenoxy) is 2. The lowest BCUT2D eigenvalue weighted by atomic mass is 10.2. The highest BCUT2D eigenvalue weighted by Crippen LogP contribution is 2.11. The van der Waals surface area contributed by atoms with E-state index in [4.69, 9.17) is 9.47 Å². The van der Waals surface area contributed by atoms with Crippen LogP contribution in [-0.2, 0) is 4.74 Å². The molecule has 0 radical (unpaired) electrons. The Morgan fingerprint density at radius 1 is 1.21 bits per heavy atom. The zero-order valence-electron chi connectivity index (χ0n) is 14.7. The summed E-state index contributed by atoms with van der Waals surface area (Å²) in [6, 6.07) is 6.11. The van der Waals surface area contributed by atoms with Gasteiger partial charge in [0.2, 0.25) is 0 Å². The first-order chi connectivity index (χ1) is 11.1. The van der Waals surface area contributed by atoms with Gasteiger partial charge in [0.25, 0.3) is 0 Å². The predicted molar refractivity (Wildman–Crippen MR) is 107 cm³/mol. The van der Waals surface area contributed by atoms with Crippen LogP contribution in [-0.4, -0.2) is 45.9 Å². The van der Waals surface area contributed by atoms with Crippen LogP contribution in [0.3, 0.4) is 0 Å². The van der Waals surface area contributed by atoms with Crippen molar-refractivity contribution in [3.63, 3.8) is 0 Å². The van der Waals surface area contributed by atoms with E-state index in [1.165, 1.54) is 12.1 Å². The Labute approximate surface area is 161 Å². The number of halogens is 2. The molecule has 0 aliphatic heterocycles. The minimum Gasteiger partial charge on any atom is -0.492 e. The second kappa shape index (κ2) is 14.3. The lowest BCUT2D eigenvalue weighted by Crippen LogP contribution is -2.39. The van der Waals surface area contributed by atoms with Crippen LogP contribution in [0.4, 0.5) is 4.39 Å². The lowest BCUT2D eigenvalue weighted by Gasteiger charge is -2.13. The van der Waals surface area contributed by atoms with Gasteiger partial charge in [-0.05, 0) is 24.5 Å². The standard InChI is InChI=1S/C17H28FN3O2.HI/c1-14(2)13-22-10-5-8-20-17(19-3)21-9-11-23-16-7-4-6-15(18)12-16;/h4,6-7,12,14H,5,8-11,13H2,1-3H3,(H2,19,20,21);1H. The molecule has 0 unspecified atom stereocenters. The molecule has 1 aromatic rings. The zero-order valence-corrected chi connectivity index (χ0v) is 17.0. The summed E-state index contributed by atoms with van der Waals surface area (Å²) in [4.78, 5) is 4.13. The lowest BCUT2D eigenvalue weighted by molar-refractivity contribution is 0.108. The van der Waals surface area contributed by atoms with Gasteiger partial charge in [-0.3, -0.25) is 4.99 Å². The van der Waals surface area contributed by atoms with Crippen LogP contribution in [0.2, 0.25) is 0 Å². The van der Waals surface area contributed by atoms with E-state index in [0.29, 0.717) is 24.8 Å². The van der Waals surface area contributed by atoms with Crippen molar-refractivity contribution in [1.82, 2.24) is 10.6 Å². The maximum Gasteiger partial charge on any atom is 0.191 e. The number of benzene rings is 1. The normalized spacial score (nSPS) is 11.1. The molecule has 5 nitrogen and oxygen atoms in total. The summed E-state index contributed by atoms with van der Waals surface area (Å²) < 4.78 is 24.0. The molecular weight excluding hydrogens is 424 g/mol. The molecule has 0 fully saturated rings. The summed E-state index contributed by atoms with van der Waals surface area (Å²) in [7, 11) is 1.72.